The summed E-state index contributed by atoms with van der Waals surface area (Å²) in [5.74, 6) is 0. The fraction of sp³-hybridized carbons (Fsp3) is 0.0909. The van der Waals surface area contributed by atoms with Crippen molar-refractivity contribution in [1.29, 1.82) is 0 Å². The number of hydrogen-bond acceptors (Lipinski definition) is 1. The monoisotopic (exact) mass is 857 g/mol. The Kier molecular flexibility index (Phi) is 9.95. The zero-order chi connectivity index (χ0) is 45.0. The molecular formula is C66H51N. The Morgan fingerprint density at radius 2 is 0.791 bits per heavy atom. The molecule has 1 nitrogen and oxygen atoms in total. The van der Waals surface area contributed by atoms with Gasteiger partial charge in [0.2, 0.25) is 0 Å². The van der Waals surface area contributed by atoms with Gasteiger partial charge in [-0.25, -0.2) is 0 Å². The smallest absolute Gasteiger partial charge is 0.0713 e. The molecule has 0 fully saturated rings. The van der Waals surface area contributed by atoms with Crippen molar-refractivity contribution in [2.75, 3.05) is 4.90 Å². The van der Waals surface area contributed by atoms with E-state index in [2.05, 4.69) is 267 Å². The van der Waals surface area contributed by atoms with Crippen LogP contribution >= 0.6 is 0 Å². The van der Waals surface area contributed by atoms with Crippen LogP contribution in [0.5, 0.6) is 0 Å². The van der Waals surface area contributed by atoms with Crippen LogP contribution in [0.25, 0.3) is 33.4 Å². The van der Waals surface area contributed by atoms with Gasteiger partial charge in [-0.15, -0.1) is 0 Å². The lowest BCUT2D eigenvalue weighted by Crippen LogP contribution is -2.28. The highest BCUT2D eigenvalue weighted by Crippen LogP contribution is 2.59. The van der Waals surface area contributed by atoms with Crippen molar-refractivity contribution in [1.82, 2.24) is 0 Å². The van der Waals surface area contributed by atoms with Crippen molar-refractivity contribution in [2.24, 2.45) is 0 Å². The second-order valence-electron chi connectivity index (χ2n) is 18.8. The molecule has 320 valence electrons. The summed E-state index contributed by atoms with van der Waals surface area (Å²) in [6.07, 6.45) is 1.67. The van der Waals surface area contributed by atoms with E-state index in [0.717, 1.165) is 24.2 Å². The van der Waals surface area contributed by atoms with Gasteiger partial charge in [0.05, 0.1) is 11.1 Å². The van der Waals surface area contributed by atoms with Crippen molar-refractivity contribution in [3.8, 4) is 33.4 Å². The first-order chi connectivity index (χ1) is 33.0. The highest BCUT2D eigenvalue weighted by atomic mass is 15.1. The number of nitrogens with zero attached hydrogens (tertiary/aromatic N) is 1. The van der Waals surface area contributed by atoms with Crippen LogP contribution in [0.3, 0.4) is 0 Å². The number of rotatable bonds is 10. The lowest BCUT2D eigenvalue weighted by atomic mass is 9.68. The maximum absolute atomic E-state index is 2.56. The predicted molar refractivity (Wildman–Crippen MR) is 280 cm³/mol. The average Bonchev–Trinajstić information content (AvgIpc) is 3.81. The second-order valence-corrected chi connectivity index (χ2v) is 18.8. The minimum atomic E-state index is -0.479. The minimum absolute atomic E-state index is 0.233. The Balaban J connectivity index is 1.11. The van der Waals surface area contributed by atoms with Gasteiger partial charge in [-0.2, -0.15) is 0 Å². The third-order valence-electron chi connectivity index (χ3n) is 14.6. The quantitative estimate of drug-likeness (QED) is 0.132. The van der Waals surface area contributed by atoms with E-state index in [1.165, 1.54) is 94.7 Å². The normalized spacial score (nSPS) is 13.6. The summed E-state index contributed by atoms with van der Waals surface area (Å²) in [5, 5.41) is 0. The van der Waals surface area contributed by atoms with Gasteiger partial charge in [-0.3, -0.25) is 0 Å². The Hall–Kier alpha value is -8.00. The molecule has 67 heavy (non-hydrogen) atoms. The molecule has 0 spiro atoms. The molecule has 0 N–H and O–H groups in total. The highest BCUT2D eigenvalue weighted by molar-refractivity contribution is 5.94. The first-order valence-corrected chi connectivity index (χ1v) is 23.7. The Morgan fingerprint density at radius 3 is 1.45 bits per heavy atom. The fourth-order valence-electron chi connectivity index (χ4n) is 11.7. The lowest BCUT2D eigenvalue weighted by Gasteiger charge is -2.35. The Labute approximate surface area is 395 Å². The van der Waals surface area contributed by atoms with Gasteiger partial charge in [0.1, 0.15) is 0 Å². The molecule has 0 amide bonds. The van der Waals surface area contributed by atoms with Gasteiger partial charge in [0, 0.05) is 16.8 Å². The number of anilines is 3. The molecular weight excluding hydrogens is 807 g/mol. The SMILES string of the molecule is CC1(C)c2ccccc2-c2cccc(N(c3ccc(-c4ccccc4Cc4ccccc4)c(Cc4ccccc4)c3)c3ccc4c(c3)-c3ccccc3C4(c3ccccc3)c3ccccc3)c21. The van der Waals surface area contributed by atoms with Gasteiger partial charge < -0.3 is 4.90 Å². The zero-order valence-corrected chi connectivity index (χ0v) is 38.0. The van der Waals surface area contributed by atoms with E-state index in [-0.39, 0.29) is 5.41 Å². The van der Waals surface area contributed by atoms with Crippen molar-refractivity contribution < 1.29 is 0 Å². The van der Waals surface area contributed by atoms with Crippen molar-refractivity contribution in [3.05, 3.63) is 304 Å². The van der Waals surface area contributed by atoms with Crippen LogP contribution in [-0.2, 0) is 23.7 Å². The van der Waals surface area contributed by atoms with Gasteiger partial charge in [-0.05, 0) is 132 Å². The fourth-order valence-corrected chi connectivity index (χ4v) is 11.7. The first-order valence-electron chi connectivity index (χ1n) is 23.7. The topological polar surface area (TPSA) is 3.24 Å². The molecule has 0 atom stereocenters. The van der Waals surface area contributed by atoms with E-state index in [0.29, 0.717) is 0 Å². The van der Waals surface area contributed by atoms with E-state index >= 15 is 0 Å². The Morgan fingerprint density at radius 1 is 0.328 bits per heavy atom. The third kappa shape index (κ3) is 6.68. The van der Waals surface area contributed by atoms with Gasteiger partial charge in [0.25, 0.3) is 0 Å². The molecule has 0 bridgehead atoms. The molecule has 0 heterocycles. The molecule has 0 saturated carbocycles. The van der Waals surface area contributed by atoms with Crippen LogP contribution in [0.2, 0.25) is 0 Å². The van der Waals surface area contributed by atoms with Crippen molar-refractivity contribution in [2.45, 2.75) is 37.5 Å². The van der Waals surface area contributed by atoms with E-state index < -0.39 is 5.41 Å². The predicted octanol–water partition coefficient (Wildman–Crippen LogP) is 16.7. The van der Waals surface area contributed by atoms with Crippen molar-refractivity contribution >= 4 is 17.1 Å². The van der Waals surface area contributed by atoms with E-state index in [1.807, 2.05) is 0 Å². The summed E-state index contributed by atoms with van der Waals surface area (Å²) in [6.45, 7) is 4.81. The second kappa shape index (κ2) is 16.5. The lowest BCUT2D eigenvalue weighted by molar-refractivity contribution is 0.661. The molecule has 10 aromatic rings. The molecule has 1 heteroatoms. The highest BCUT2D eigenvalue weighted by Gasteiger charge is 2.46. The summed E-state index contributed by atoms with van der Waals surface area (Å²) in [7, 11) is 0. The molecule has 10 aromatic carbocycles. The van der Waals surface area contributed by atoms with E-state index in [4.69, 9.17) is 0 Å². The standard InChI is InChI=1S/C66H51N/c1-65(2)60-35-19-17-32-56(60)58-34-21-37-63(64(58)65)67(52-38-40-55(49(44-52)43-47-24-9-4-10-25-47)54-31-16-15-26-48(54)42-46-22-7-3-8-23-46)53-39-41-62-59(45-53)57-33-18-20-36-61(57)66(62,50-27-11-5-12-28-50)51-29-13-6-14-30-51/h3-41,44-45H,42-43H2,1-2H3. The molecule has 0 unspecified atom stereocenters. The molecule has 0 aromatic heterocycles. The maximum atomic E-state index is 2.56. The molecule has 0 saturated heterocycles. The molecule has 2 aliphatic rings. The summed E-state index contributed by atoms with van der Waals surface area (Å²) in [6, 6.07) is 92.6. The number of fused-ring (bicyclic) bond motifs is 6. The molecule has 12 rings (SSSR count). The zero-order valence-electron chi connectivity index (χ0n) is 38.0. The van der Waals surface area contributed by atoms with Crippen LogP contribution in [0.4, 0.5) is 17.1 Å². The van der Waals surface area contributed by atoms with Crippen LogP contribution in [0.15, 0.2) is 249 Å². The van der Waals surface area contributed by atoms with Crippen LogP contribution in [0.1, 0.15) is 69.5 Å². The summed E-state index contributed by atoms with van der Waals surface area (Å²) < 4.78 is 0. The first kappa shape index (κ1) is 40.5. The van der Waals surface area contributed by atoms with Crippen molar-refractivity contribution in [3.63, 3.8) is 0 Å². The van der Waals surface area contributed by atoms with E-state index in [9.17, 15) is 0 Å². The van der Waals surface area contributed by atoms with Gasteiger partial charge in [-0.1, -0.05) is 232 Å². The molecule has 2 aliphatic carbocycles. The third-order valence-corrected chi connectivity index (χ3v) is 14.6. The summed E-state index contributed by atoms with van der Waals surface area (Å²) in [5.41, 5.74) is 23.5. The number of hydrogen-bond donors (Lipinski definition) is 0. The summed E-state index contributed by atoms with van der Waals surface area (Å²) in [4.78, 5) is 2.56. The largest absolute Gasteiger partial charge is 0.310 e. The van der Waals surface area contributed by atoms with Gasteiger partial charge >= 0.3 is 0 Å². The Bertz CT molecular complexity index is 3380. The average molecular weight is 858 g/mol. The maximum Gasteiger partial charge on any atom is 0.0713 e. The van der Waals surface area contributed by atoms with Crippen LogP contribution in [-0.4, -0.2) is 0 Å². The number of benzene rings is 10. The van der Waals surface area contributed by atoms with Crippen LogP contribution < -0.4 is 4.90 Å². The van der Waals surface area contributed by atoms with E-state index in [1.54, 1.807) is 0 Å². The summed E-state index contributed by atoms with van der Waals surface area (Å²) >= 11 is 0. The minimum Gasteiger partial charge on any atom is -0.310 e. The molecule has 0 aliphatic heterocycles. The van der Waals surface area contributed by atoms with Gasteiger partial charge in [0.15, 0.2) is 0 Å². The van der Waals surface area contributed by atoms with Crippen LogP contribution in [0, 0.1) is 0 Å². The molecule has 0 radical (unpaired) electrons.